The van der Waals surface area contributed by atoms with Crippen molar-refractivity contribution in [1.82, 2.24) is 0 Å². The molecule has 92 valence electrons. The van der Waals surface area contributed by atoms with Crippen molar-refractivity contribution < 1.29 is 13.9 Å². The highest BCUT2D eigenvalue weighted by atomic mass is 79.9. The van der Waals surface area contributed by atoms with Crippen molar-refractivity contribution in [2.24, 2.45) is 0 Å². The first-order valence-electron chi connectivity index (χ1n) is 5.53. The molecule has 5 heteroatoms. The Balaban J connectivity index is 1.99. The Hall–Kier alpha value is -1.75. The largest absolute Gasteiger partial charge is 0.489 e. The van der Waals surface area contributed by atoms with E-state index in [-0.39, 0.29) is 5.91 Å². The lowest BCUT2D eigenvalue weighted by Crippen LogP contribution is -2.37. The van der Waals surface area contributed by atoms with Gasteiger partial charge in [-0.05, 0) is 30.3 Å². The Bertz CT molecular complexity index is 580. The molecule has 2 heterocycles. The number of carbonyl (C=O) groups excluding carboxylic acids is 1. The van der Waals surface area contributed by atoms with Crippen LogP contribution in [-0.2, 0) is 0 Å². The van der Waals surface area contributed by atoms with Gasteiger partial charge < -0.3 is 9.15 Å². The minimum absolute atomic E-state index is 0.146. The van der Waals surface area contributed by atoms with Crippen molar-refractivity contribution in [1.29, 1.82) is 0 Å². The predicted octanol–water partition coefficient (Wildman–Crippen LogP) is 3.08. The summed E-state index contributed by atoms with van der Waals surface area (Å²) < 4.78 is 11.6. The van der Waals surface area contributed by atoms with E-state index in [0.29, 0.717) is 24.7 Å². The van der Waals surface area contributed by atoms with E-state index in [2.05, 4.69) is 15.9 Å². The van der Waals surface area contributed by atoms with E-state index >= 15 is 0 Å². The molecular weight excluding hydrogens is 298 g/mol. The van der Waals surface area contributed by atoms with Crippen molar-refractivity contribution in [2.45, 2.75) is 0 Å². The highest BCUT2D eigenvalue weighted by Gasteiger charge is 2.26. The van der Waals surface area contributed by atoms with E-state index < -0.39 is 0 Å². The Morgan fingerprint density at radius 2 is 2.22 bits per heavy atom. The minimum Gasteiger partial charge on any atom is -0.489 e. The molecule has 0 spiro atoms. The average molecular weight is 308 g/mol. The molecule has 2 aromatic rings. The third kappa shape index (κ3) is 1.90. The maximum Gasteiger partial charge on any atom is 0.294 e. The van der Waals surface area contributed by atoms with Crippen molar-refractivity contribution >= 4 is 27.5 Å². The van der Waals surface area contributed by atoms with Gasteiger partial charge in [0.25, 0.3) is 5.91 Å². The van der Waals surface area contributed by atoms with Crippen LogP contribution in [0.1, 0.15) is 10.6 Å². The van der Waals surface area contributed by atoms with Gasteiger partial charge in [0.2, 0.25) is 0 Å². The van der Waals surface area contributed by atoms with Gasteiger partial charge >= 0.3 is 0 Å². The zero-order valence-electron chi connectivity index (χ0n) is 9.43. The molecular formula is C13H10BrNO3. The Labute approximate surface area is 112 Å². The third-order valence-electron chi connectivity index (χ3n) is 2.76. The lowest BCUT2D eigenvalue weighted by molar-refractivity contribution is 0.0950. The fourth-order valence-electron chi connectivity index (χ4n) is 1.94. The summed E-state index contributed by atoms with van der Waals surface area (Å²) in [5.74, 6) is 0.896. The number of hydrogen-bond acceptors (Lipinski definition) is 3. The molecule has 0 saturated heterocycles. The Kier molecular flexibility index (Phi) is 2.83. The summed E-state index contributed by atoms with van der Waals surface area (Å²) in [5.41, 5.74) is 0.769. The molecule has 0 fully saturated rings. The van der Waals surface area contributed by atoms with Crippen LogP contribution < -0.4 is 9.64 Å². The lowest BCUT2D eigenvalue weighted by atomic mass is 10.2. The highest BCUT2D eigenvalue weighted by Crippen LogP contribution is 2.34. The van der Waals surface area contributed by atoms with E-state index in [1.807, 2.05) is 18.2 Å². The first-order chi connectivity index (χ1) is 8.75. The smallest absolute Gasteiger partial charge is 0.294 e. The molecule has 0 aliphatic carbocycles. The molecule has 0 radical (unpaired) electrons. The fraction of sp³-hybridized carbons (Fsp3) is 0.154. The fourth-order valence-corrected chi connectivity index (χ4v) is 2.28. The zero-order chi connectivity index (χ0) is 12.5. The van der Waals surface area contributed by atoms with Gasteiger partial charge in [-0.25, -0.2) is 0 Å². The summed E-state index contributed by atoms with van der Waals surface area (Å²) >= 11 is 3.38. The van der Waals surface area contributed by atoms with Crippen LogP contribution in [0.2, 0.25) is 0 Å². The molecule has 0 saturated carbocycles. The number of anilines is 1. The van der Waals surface area contributed by atoms with Crippen molar-refractivity contribution in [3.05, 3.63) is 46.8 Å². The number of ether oxygens (including phenoxy) is 1. The molecule has 3 rings (SSSR count). The standard InChI is InChI=1S/C13H10BrNO3/c14-9-3-4-10-12(8-9)18-7-5-15(10)13(16)11-2-1-6-17-11/h1-4,6,8H,5,7H2. The Morgan fingerprint density at radius 3 is 3.00 bits per heavy atom. The summed E-state index contributed by atoms with van der Waals surface area (Å²) in [5, 5.41) is 0. The van der Waals surface area contributed by atoms with Crippen LogP contribution >= 0.6 is 15.9 Å². The van der Waals surface area contributed by atoms with Gasteiger partial charge in [-0.2, -0.15) is 0 Å². The SMILES string of the molecule is O=C(c1ccco1)N1CCOc2cc(Br)ccc21. The van der Waals surface area contributed by atoms with Crippen LogP contribution in [0.4, 0.5) is 5.69 Å². The zero-order valence-corrected chi connectivity index (χ0v) is 11.0. The summed E-state index contributed by atoms with van der Waals surface area (Å²) in [6, 6.07) is 8.97. The number of amides is 1. The van der Waals surface area contributed by atoms with Crippen LogP contribution in [0.25, 0.3) is 0 Å². The normalized spacial score (nSPS) is 13.9. The van der Waals surface area contributed by atoms with Crippen molar-refractivity contribution in [3.63, 3.8) is 0 Å². The summed E-state index contributed by atoms with van der Waals surface area (Å²) in [4.78, 5) is 13.9. The lowest BCUT2D eigenvalue weighted by Gasteiger charge is -2.28. The van der Waals surface area contributed by atoms with Gasteiger partial charge in [-0.15, -0.1) is 0 Å². The molecule has 18 heavy (non-hydrogen) atoms. The Morgan fingerprint density at radius 1 is 1.33 bits per heavy atom. The van der Waals surface area contributed by atoms with Gasteiger partial charge in [0.1, 0.15) is 12.4 Å². The van der Waals surface area contributed by atoms with Crippen LogP contribution in [0, 0.1) is 0 Å². The number of halogens is 1. The summed E-state index contributed by atoms with van der Waals surface area (Å²) in [7, 11) is 0. The third-order valence-corrected chi connectivity index (χ3v) is 3.26. The number of furan rings is 1. The molecule has 1 aromatic heterocycles. The minimum atomic E-state index is -0.146. The number of hydrogen-bond donors (Lipinski definition) is 0. The molecule has 1 aliphatic heterocycles. The van der Waals surface area contributed by atoms with Crippen LogP contribution in [0.5, 0.6) is 5.75 Å². The molecule has 1 aliphatic rings. The molecule has 1 aromatic carbocycles. The van der Waals surface area contributed by atoms with Gasteiger partial charge in [0.05, 0.1) is 18.5 Å². The van der Waals surface area contributed by atoms with E-state index in [0.717, 1.165) is 10.2 Å². The van der Waals surface area contributed by atoms with Crippen molar-refractivity contribution in [3.8, 4) is 5.75 Å². The van der Waals surface area contributed by atoms with Gasteiger partial charge in [-0.1, -0.05) is 15.9 Å². The van der Waals surface area contributed by atoms with E-state index in [1.165, 1.54) is 6.26 Å². The van der Waals surface area contributed by atoms with Crippen LogP contribution in [0.3, 0.4) is 0 Å². The molecule has 0 atom stereocenters. The second kappa shape index (κ2) is 4.49. The number of rotatable bonds is 1. The first kappa shape index (κ1) is 11.3. The maximum absolute atomic E-state index is 12.3. The van der Waals surface area contributed by atoms with Gasteiger partial charge in [0.15, 0.2) is 5.76 Å². The van der Waals surface area contributed by atoms with Crippen molar-refractivity contribution in [2.75, 3.05) is 18.1 Å². The number of nitrogens with zero attached hydrogens (tertiary/aromatic N) is 1. The quantitative estimate of drug-likeness (QED) is 0.813. The topological polar surface area (TPSA) is 42.7 Å². The molecule has 1 amide bonds. The maximum atomic E-state index is 12.3. The number of benzene rings is 1. The second-order valence-corrected chi connectivity index (χ2v) is 4.81. The van der Waals surface area contributed by atoms with E-state index in [1.54, 1.807) is 17.0 Å². The molecule has 0 unspecified atom stereocenters. The number of carbonyl (C=O) groups is 1. The van der Waals surface area contributed by atoms with Crippen LogP contribution in [-0.4, -0.2) is 19.1 Å². The van der Waals surface area contributed by atoms with Gasteiger partial charge in [-0.3, -0.25) is 9.69 Å². The monoisotopic (exact) mass is 307 g/mol. The van der Waals surface area contributed by atoms with Gasteiger partial charge in [0, 0.05) is 4.47 Å². The highest BCUT2D eigenvalue weighted by molar-refractivity contribution is 9.10. The van der Waals surface area contributed by atoms with E-state index in [4.69, 9.17) is 9.15 Å². The molecule has 0 bridgehead atoms. The van der Waals surface area contributed by atoms with Crippen LogP contribution in [0.15, 0.2) is 45.5 Å². The molecule has 0 N–H and O–H groups in total. The first-order valence-corrected chi connectivity index (χ1v) is 6.33. The summed E-state index contributed by atoms with van der Waals surface area (Å²) in [6.07, 6.45) is 1.50. The number of fused-ring (bicyclic) bond motifs is 1. The average Bonchev–Trinajstić information content (AvgIpc) is 2.90. The molecule has 4 nitrogen and oxygen atoms in total. The predicted molar refractivity (Wildman–Crippen MR) is 70.0 cm³/mol. The van der Waals surface area contributed by atoms with E-state index in [9.17, 15) is 4.79 Å². The second-order valence-electron chi connectivity index (χ2n) is 3.89. The summed E-state index contributed by atoms with van der Waals surface area (Å²) in [6.45, 7) is 1.00.